The highest BCUT2D eigenvalue weighted by molar-refractivity contribution is 6.22. The van der Waals surface area contributed by atoms with Crippen LogP contribution in [0.5, 0.6) is 0 Å². The molecule has 6 aromatic carbocycles. The lowest BCUT2D eigenvalue weighted by atomic mass is 9.85. The zero-order valence-corrected chi connectivity index (χ0v) is 27.3. The first-order valence-corrected chi connectivity index (χ1v) is 17.3. The maximum atomic E-state index is 5.52. The Balaban J connectivity index is 1.29. The Hall–Kier alpha value is -5.47. The number of nitrogens with zero attached hydrogens (tertiary/aromatic N) is 2. The van der Waals surface area contributed by atoms with Gasteiger partial charge in [-0.2, -0.15) is 0 Å². The van der Waals surface area contributed by atoms with Crippen LogP contribution in [0, 0.1) is 0 Å². The van der Waals surface area contributed by atoms with Crippen LogP contribution in [0.15, 0.2) is 168 Å². The molecule has 2 heteroatoms. The van der Waals surface area contributed by atoms with Crippen LogP contribution in [-0.2, 0) is 0 Å². The van der Waals surface area contributed by atoms with Crippen molar-refractivity contribution in [2.24, 2.45) is 4.99 Å². The number of aliphatic imine (C=N–C) groups is 1. The Kier molecular flexibility index (Phi) is 6.97. The van der Waals surface area contributed by atoms with E-state index in [1.54, 1.807) is 0 Å². The molecule has 9 rings (SSSR count). The monoisotopic (exact) mass is 618 g/mol. The molecule has 0 bridgehead atoms. The molecular formula is C46H38N2. The lowest BCUT2D eigenvalue weighted by molar-refractivity contribution is 0.357. The number of benzene rings is 6. The van der Waals surface area contributed by atoms with Gasteiger partial charge < -0.3 is 4.90 Å². The van der Waals surface area contributed by atoms with E-state index in [4.69, 9.17) is 4.99 Å². The first-order chi connectivity index (χ1) is 23.7. The summed E-state index contributed by atoms with van der Waals surface area (Å²) in [5.41, 5.74) is 9.75. The minimum atomic E-state index is -0.297. The molecule has 232 valence electrons. The Bertz CT molecular complexity index is 2290. The standard InChI is InChI=1S/C46H38N2/c1-46-30-14-13-23-42(46)48(37-19-9-4-10-20-37)45(47-46)36-28-29-40-41(31-36)44(34-17-7-3-8-18-34)39-22-12-11-21-38(39)43(40)35-26-24-33(25-27-35)32-15-5-2-6-16-32/h2-3,5-8,11-19,21-31,42H,4,9-10,20H2,1H3. The third-order valence-corrected chi connectivity index (χ3v) is 10.5. The number of amidine groups is 1. The lowest BCUT2D eigenvalue weighted by Gasteiger charge is -2.36. The molecule has 2 aliphatic carbocycles. The predicted molar refractivity (Wildman–Crippen MR) is 203 cm³/mol. The largest absolute Gasteiger partial charge is 0.321 e. The summed E-state index contributed by atoms with van der Waals surface area (Å²) >= 11 is 0. The van der Waals surface area contributed by atoms with Gasteiger partial charge in [-0.05, 0) is 93.6 Å². The van der Waals surface area contributed by atoms with Crippen LogP contribution in [-0.4, -0.2) is 22.3 Å². The molecule has 0 saturated carbocycles. The summed E-state index contributed by atoms with van der Waals surface area (Å²) < 4.78 is 0. The second-order valence-electron chi connectivity index (χ2n) is 13.5. The first kappa shape index (κ1) is 28.7. The normalized spacial score (nSPS) is 20.2. The Labute approximate surface area is 283 Å². The van der Waals surface area contributed by atoms with Gasteiger partial charge in [-0.25, -0.2) is 0 Å². The number of hydrogen-bond donors (Lipinski definition) is 0. The van der Waals surface area contributed by atoms with Crippen LogP contribution in [0.3, 0.4) is 0 Å². The van der Waals surface area contributed by atoms with E-state index in [1.807, 2.05) is 0 Å². The van der Waals surface area contributed by atoms with E-state index in [2.05, 4.69) is 170 Å². The van der Waals surface area contributed by atoms with Gasteiger partial charge in [-0.15, -0.1) is 0 Å². The van der Waals surface area contributed by atoms with Gasteiger partial charge in [0.1, 0.15) is 11.4 Å². The zero-order chi connectivity index (χ0) is 32.1. The van der Waals surface area contributed by atoms with Crippen molar-refractivity contribution >= 4 is 27.4 Å². The van der Waals surface area contributed by atoms with Crippen molar-refractivity contribution in [3.63, 3.8) is 0 Å². The number of hydrogen-bond acceptors (Lipinski definition) is 2. The number of fused-ring (bicyclic) bond motifs is 3. The van der Waals surface area contributed by atoms with Crippen LogP contribution in [0.2, 0.25) is 0 Å². The van der Waals surface area contributed by atoms with Crippen molar-refractivity contribution in [3.8, 4) is 33.4 Å². The van der Waals surface area contributed by atoms with Crippen molar-refractivity contribution in [2.75, 3.05) is 0 Å². The molecule has 6 aromatic rings. The molecule has 0 saturated heterocycles. The molecule has 0 aromatic heterocycles. The van der Waals surface area contributed by atoms with Crippen LogP contribution < -0.4 is 0 Å². The van der Waals surface area contributed by atoms with Crippen molar-refractivity contribution in [1.82, 2.24) is 4.90 Å². The maximum Gasteiger partial charge on any atom is 0.136 e. The first-order valence-electron chi connectivity index (χ1n) is 17.3. The SMILES string of the molecule is CC12C=CC=CC1N(C1=CCCCC1)C(c1ccc3c(-c4ccc(-c5ccccc5)cc4)c4ccccc4c(-c4ccccc4)c3c1)=N2. The summed E-state index contributed by atoms with van der Waals surface area (Å²) in [5.74, 6) is 1.08. The van der Waals surface area contributed by atoms with Crippen molar-refractivity contribution in [1.29, 1.82) is 0 Å². The number of allylic oxidation sites excluding steroid dienone is 4. The second-order valence-corrected chi connectivity index (χ2v) is 13.5. The molecule has 0 fully saturated rings. The molecule has 2 atom stereocenters. The highest BCUT2D eigenvalue weighted by Crippen LogP contribution is 2.46. The molecule has 48 heavy (non-hydrogen) atoms. The molecular weight excluding hydrogens is 581 g/mol. The van der Waals surface area contributed by atoms with Crippen molar-refractivity contribution < 1.29 is 0 Å². The highest BCUT2D eigenvalue weighted by Gasteiger charge is 2.45. The molecule has 0 spiro atoms. The van der Waals surface area contributed by atoms with Gasteiger partial charge in [-0.3, -0.25) is 4.99 Å². The lowest BCUT2D eigenvalue weighted by Crippen LogP contribution is -2.43. The average molecular weight is 619 g/mol. The van der Waals surface area contributed by atoms with Gasteiger partial charge in [0.15, 0.2) is 0 Å². The minimum absolute atomic E-state index is 0.182. The van der Waals surface area contributed by atoms with E-state index in [1.165, 1.54) is 79.0 Å². The Morgan fingerprint density at radius 2 is 1.17 bits per heavy atom. The predicted octanol–water partition coefficient (Wildman–Crippen LogP) is 11.8. The fourth-order valence-electron chi connectivity index (χ4n) is 8.14. The summed E-state index contributed by atoms with van der Waals surface area (Å²) in [6.45, 7) is 2.28. The average Bonchev–Trinajstić information content (AvgIpc) is 3.48. The second kappa shape index (κ2) is 11.6. The van der Waals surface area contributed by atoms with E-state index in [0.29, 0.717) is 0 Å². The van der Waals surface area contributed by atoms with Gasteiger partial charge in [-0.1, -0.05) is 152 Å². The van der Waals surface area contributed by atoms with Gasteiger partial charge in [0, 0.05) is 11.3 Å². The van der Waals surface area contributed by atoms with Gasteiger partial charge in [0.25, 0.3) is 0 Å². The molecule has 0 amide bonds. The summed E-state index contributed by atoms with van der Waals surface area (Å²) in [7, 11) is 0. The van der Waals surface area contributed by atoms with E-state index in [9.17, 15) is 0 Å². The van der Waals surface area contributed by atoms with Crippen LogP contribution >= 0.6 is 0 Å². The topological polar surface area (TPSA) is 15.6 Å². The Morgan fingerprint density at radius 1 is 0.583 bits per heavy atom. The maximum absolute atomic E-state index is 5.52. The zero-order valence-electron chi connectivity index (χ0n) is 27.3. The van der Waals surface area contributed by atoms with Crippen LogP contribution in [0.1, 0.15) is 38.2 Å². The summed E-state index contributed by atoms with van der Waals surface area (Å²) in [6.07, 6.45) is 16.2. The fraction of sp³-hybridized carbons (Fsp3) is 0.152. The van der Waals surface area contributed by atoms with Gasteiger partial charge >= 0.3 is 0 Å². The number of rotatable bonds is 5. The van der Waals surface area contributed by atoms with Gasteiger partial charge in [0.05, 0.1) is 6.04 Å². The molecule has 3 aliphatic rings. The van der Waals surface area contributed by atoms with Crippen LogP contribution in [0.4, 0.5) is 0 Å². The molecule has 1 heterocycles. The van der Waals surface area contributed by atoms with E-state index >= 15 is 0 Å². The molecule has 0 radical (unpaired) electrons. The summed E-state index contributed by atoms with van der Waals surface area (Å²) in [4.78, 5) is 8.07. The van der Waals surface area contributed by atoms with E-state index in [0.717, 1.165) is 18.7 Å². The minimum Gasteiger partial charge on any atom is -0.321 e. The highest BCUT2D eigenvalue weighted by atomic mass is 15.3. The summed E-state index contributed by atoms with van der Waals surface area (Å²) in [6, 6.07) is 46.9. The van der Waals surface area contributed by atoms with Crippen molar-refractivity contribution in [2.45, 2.75) is 44.2 Å². The molecule has 0 N–H and O–H groups in total. The van der Waals surface area contributed by atoms with E-state index in [-0.39, 0.29) is 11.6 Å². The molecule has 2 unspecified atom stereocenters. The van der Waals surface area contributed by atoms with Crippen molar-refractivity contribution in [3.05, 3.63) is 169 Å². The fourth-order valence-corrected chi connectivity index (χ4v) is 8.14. The molecule has 2 nitrogen and oxygen atoms in total. The van der Waals surface area contributed by atoms with Gasteiger partial charge in [0.2, 0.25) is 0 Å². The Morgan fingerprint density at radius 3 is 1.88 bits per heavy atom. The summed E-state index contributed by atoms with van der Waals surface area (Å²) in [5, 5.41) is 5.05. The smallest absolute Gasteiger partial charge is 0.136 e. The third kappa shape index (κ3) is 4.75. The third-order valence-electron chi connectivity index (χ3n) is 10.5. The van der Waals surface area contributed by atoms with Crippen LogP contribution in [0.25, 0.3) is 54.9 Å². The quantitative estimate of drug-likeness (QED) is 0.176. The molecule has 1 aliphatic heterocycles. The van der Waals surface area contributed by atoms with E-state index < -0.39 is 0 Å².